The van der Waals surface area contributed by atoms with Crippen molar-refractivity contribution in [3.8, 4) is 11.4 Å². The Morgan fingerprint density at radius 2 is 2.00 bits per heavy atom. The molecule has 0 radical (unpaired) electrons. The van der Waals surface area contributed by atoms with Crippen LogP contribution < -0.4 is 0 Å². The molecule has 92 valence electrons. The second-order valence-electron chi connectivity index (χ2n) is 5.21. The second-order valence-corrected chi connectivity index (χ2v) is 5.21. The number of aromatic nitrogens is 5. The maximum absolute atomic E-state index is 4.44. The summed E-state index contributed by atoms with van der Waals surface area (Å²) in [6.07, 6.45) is 4.68. The molecule has 0 saturated heterocycles. The van der Waals surface area contributed by atoms with E-state index < -0.39 is 0 Å². The van der Waals surface area contributed by atoms with Crippen LogP contribution >= 0.6 is 0 Å². The molecule has 0 fully saturated rings. The van der Waals surface area contributed by atoms with Gasteiger partial charge in [-0.25, -0.2) is 0 Å². The molecule has 0 bridgehead atoms. The molecule has 2 rings (SSSR count). The van der Waals surface area contributed by atoms with Gasteiger partial charge in [0.25, 0.3) is 0 Å². The first-order valence-corrected chi connectivity index (χ1v) is 5.87. The molecule has 0 saturated carbocycles. The number of nitrogens with zero attached hydrogens (tertiary/aromatic N) is 5. The third-order valence-corrected chi connectivity index (χ3v) is 2.75. The fourth-order valence-corrected chi connectivity index (χ4v) is 1.89. The first kappa shape index (κ1) is 11.8. The van der Waals surface area contributed by atoms with Crippen LogP contribution in [0.3, 0.4) is 0 Å². The summed E-state index contributed by atoms with van der Waals surface area (Å²) < 4.78 is 3.92. The Balaban J connectivity index is 2.57. The number of rotatable bonds is 2. The van der Waals surface area contributed by atoms with Crippen molar-refractivity contribution in [2.24, 2.45) is 7.05 Å². The predicted molar refractivity (Wildman–Crippen MR) is 66.6 cm³/mol. The maximum atomic E-state index is 4.44. The van der Waals surface area contributed by atoms with E-state index in [4.69, 9.17) is 0 Å². The molecule has 0 unspecified atom stereocenters. The lowest BCUT2D eigenvalue weighted by Crippen LogP contribution is -2.22. The van der Waals surface area contributed by atoms with Gasteiger partial charge in [0, 0.05) is 18.8 Å². The van der Waals surface area contributed by atoms with Crippen LogP contribution in [-0.4, -0.2) is 24.5 Å². The van der Waals surface area contributed by atoms with E-state index >= 15 is 0 Å². The van der Waals surface area contributed by atoms with E-state index in [2.05, 4.69) is 47.6 Å². The molecule has 0 aliphatic carbocycles. The van der Waals surface area contributed by atoms with Crippen LogP contribution in [0.2, 0.25) is 0 Å². The molecule has 5 heteroatoms. The van der Waals surface area contributed by atoms with Gasteiger partial charge in [-0.3, -0.25) is 4.68 Å². The van der Waals surface area contributed by atoms with Crippen molar-refractivity contribution in [1.82, 2.24) is 24.5 Å². The highest BCUT2D eigenvalue weighted by Crippen LogP contribution is 2.25. The van der Waals surface area contributed by atoms with Gasteiger partial charge in [-0.2, -0.15) is 5.10 Å². The zero-order valence-electron chi connectivity index (χ0n) is 11.1. The minimum Gasteiger partial charge on any atom is -0.308 e. The largest absolute Gasteiger partial charge is 0.308 e. The first-order valence-electron chi connectivity index (χ1n) is 5.87. The molecule has 0 aromatic carbocycles. The Hall–Kier alpha value is -1.65. The quantitative estimate of drug-likeness (QED) is 0.797. The Morgan fingerprint density at radius 1 is 1.29 bits per heavy atom. The Bertz CT molecular complexity index is 515. The van der Waals surface area contributed by atoms with Gasteiger partial charge in [-0.05, 0) is 27.2 Å². The maximum Gasteiger partial charge on any atom is 0.167 e. The highest BCUT2D eigenvalue weighted by atomic mass is 15.3. The summed E-state index contributed by atoms with van der Waals surface area (Å²) in [6.45, 7) is 8.52. The molecule has 0 aliphatic heterocycles. The lowest BCUT2D eigenvalue weighted by atomic mass is 10.1. The molecular weight excluding hydrogens is 214 g/mol. The molecule has 0 spiro atoms. The average Bonchev–Trinajstić information content (AvgIpc) is 2.81. The molecular formula is C12H19N5. The zero-order valence-corrected chi connectivity index (χ0v) is 11.1. The molecule has 17 heavy (non-hydrogen) atoms. The van der Waals surface area contributed by atoms with E-state index in [1.54, 1.807) is 6.33 Å². The van der Waals surface area contributed by atoms with Gasteiger partial charge in [0.2, 0.25) is 0 Å². The van der Waals surface area contributed by atoms with E-state index in [9.17, 15) is 0 Å². The lowest BCUT2D eigenvalue weighted by molar-refractivity contribution is 0.399. The van der Waals surface area contributed by atoms with Crippen LogP contribution in [0.5, 0.6) is 0 Å². The highest BCUT2D eigenvalue weighted by Gasteiger charge is 2.21. The highest BCUT2D eigenvalue weighted by molar-refractivity contribution is 5.57. The van der Waals surface area contributed by atoms with Gasteiger partial charge in [0.05, 0.1) is 11.3 Å². The van der Waals surface area contributed by atoms with Gasteiger partial charge in [0.1, 0.15) is 6.33 Å². The van der Waals surface area contributed by atoms with Gasteiger partial charge in [0.15, 0.2) is 5.82 Å². The van der Waals surface area contributed by atoms with Crippen molar-refractivity contribution in [2.45, 2.75) is 39.7 Å². The topological polar surface area (TPSA) is 48.5 Å². The Labute approximate surface area is 101 Å². The molecule has 0 amide bonds. The van der Waals surface area contributed by atoms with E-state index in [0.29, 0.717) is 0 Å². The SMILES string of the molecule is CCc1nn(C)cc1-c1nncn1C(C)(C)C. The van der Waals surface area contributed by atoms with Gasteiger partial charge < -0.3 is 4.57 Å². The summed E-state index contributed by atoms with van der Waals surface area (Å²) in [5, 5.41) is 12.7. The molecule has 2 aromatic heterocycles. The summed E-state index contributed by atoms with van der Waals surface area (Å²) >= 11 is 0. The number of hydrogen-bond acceptors (Lipinski definition) is 3. The van der Waals surface area contributed by atoms with Crippen LogP contribution in [0.4, 0.5) is 0 Å². The molecule has 5 nitrogen and oxygen atoms in total. The minimum atomic E-state index is -0.0281. The van der Waals surface area contributed by atoms with Crippen molar-refractivity contribution < 1.29 is 0 Å². The summed E-state index contributed by atoms with van der Waals surface area (Å²) in [6, 6.07) is 0. The van der Waals surface area contributed by atoms with E-state index in [1.165, 1.54) is 0 Å². The van der Waals surface area contributed by atoms with Crippen molar-refractivity contribution in [1.29, 1.82) is 0 Å². The van der Waals surface area contributed by atoms with E-state index in [1.807, 2.05) is 17.9 Å². The lowest BCUT2D eigenvalue weighted by Gasteiger charge is -2.22. The smallest absolute Gasteiger partial charge is 0.167 e. The summed E-state index contributed by atoms with van der Waals surface area (Å²) in [4.78, 5) is 0. The molecule has 2 aromatic rings. The minimum absolute atomic E-state index is 0.0281. The summed E-state index contributed by atoms with van der Waals surface area (Å²) in [7, 11) is 1.93. The van der Waals surface area contributed by atoms with Crippen molar-refractivity contribution >= 4 is 0 Å². The van der Waals surface area contributed by atoms with Gasteiger partial charge >= 0.3 is 0 Å². The third-order valence-electron chi connectivity index (χ3n) is 2.75. The molecule has 2 heterocycles. The zero-order chi connectivity index (χ0) is 12.6. The van der Waals surface area contributed by atoms with Gasteiger partial charge in [-0.1, -0.05) is 6.92 Å². The van der Waals surface area contributed by atoms with Crippen LogP contribution in [0.25, 0.3) is 11.4 Å². The standard InChI is InChI=1S/C12H19N5/c1-6-10-9(7-16(5)15-10)11-14-13-8-17(11)12(2,3)4/h7-8H,6H2,1-5H3. The molecule has 0 aliphatic rings. The normalized spacial score (nSPS) is 12.1. The van der Waals surface area contributed by atoms with Crippen molar-refractivity contribution in [3.63, 3.8) is 0 Å². The summed E-state index contributed by atoms with van der Waals surface area (Å²) in [5.74, 6) is 0.891. The third kappa shape index (κ3) is 2.09. The fraction of sp³-hybridized carbons (Fsp3) is 0.583. The van der Waals surface area contributed by atoms with Crippen molar-refractivity contribution in [2.75, 3.05) is 0 Å². The van der Waals surface area contributed by atoms with Crippen LogP contribution in [0, 0.1) is 0 Å². The van der Waals surface area contributed by atoms with Crippen LogP contribution in [-0.2, 0) is 19.0 Å². The number of aryl methyl sites for hydroxylation is 2. The Kier molecular flexibility index (Phi) is 2.77. The van der Waals surface area contributed by atoms with Gasteiger partial charge in [-0.15, -0.1) is 10.2 Å². The van der Waals surface area contributed by atoms with Crippen LogP contribution in [0.1, 0.15) is 33.4 Å². The second kappa shape index (κ2) is 3.98. The van der Waals surface area contributed by atoms with Crippen LogP contribution in [0.15, 0.2) is 12.5 Å². The molecule has 0 atom stereocenters. The summed E-state index contributed by atoms with van der Waals surface area (Å²) in [5.41, 5.74) is 2.10. The Morgan fingerprint density at radius 3 is 2.59 bits per heavy atom. The average molecular weight is 233 g/mol. The number of hydrogen-bond donors (Lipinski definition) is 0. The van der Waals surface area contributed by atoms with Crippen molar-refractivity contribution in [3.05, 3.63) is 18.2 Å². The predicted octanol–water partition coefficient (Wildman–Crippen LogP) is 2.00. The monoisotopic (exact) mass is 233 g/mol. The van der Waals surface area contributed by atoms with E-state index in [-0.39, 0.29) is 5.54 Å². The fourth-order valence-electron chi connectivity index (χ4n) is 1.89. The molecule has 0 N–H and O–H groups in total. The first-order chi connectivity index (χ1) is 7.93. The van der Waals surface area contributed by atoms with E-state index in [0.717, 1.165) is 23.5 Å².